The summed E-state index contributed by atoms with van der Waals surface area (Å²) in [5.74, 6) is 0.317. The third kappa shape index (κ3) is 2.80. The van der Waals surface area contributed by atoms with Crippen molar-refractivity contribution in [1.29, 1.82) is 0 Å². The largest absolute Gasteiger partial charge is 0.495 e. The molecule has 8 heteroatoms. The number of benzene rings is 1. The standard InChI is InChI=1S/C13H18N4O3S/c1-8-13(9(2)17(3)15-8)16-21(18,19)10-5-6-11(14)12(7-10)20-4/h5-7,16H,14H2,1-4H3. The van der Waals surface area contributed by atoms with Crippen molar-refractivity contribution in [2.24, 2.45) is 7.05 Å². The van der Waals surface area contributed by atoms with Gasteiger partial charge in [0, 0.05) is 13.1 Å². The van der Waals surface area contributed by atoms with Crippen molar-refractivity contribution in [2.75, 3.05) is 17.6 Å². The monoisotopic (exact) mass is 310 g/mol. The molecule has 0 aliphatic rings. The van der Waals surface area contributed by atoms with Gasteiger partial charge in [-0.05, 0) is 26.0 Å². The van der Waals surface area contributed by atoms with E-state index in [0.29, 0.717) is 22.8 Å². The van der Waals surface area contributed by atoms with E-state index < -0.39 is 10.0 Å². The summed E-state index contributed by atoms with van der Waals surface area (Å²) < 4.78 is 34.1. The second-order valence-electron chi connectivity index (χ2n) is 4.68. The minimum absolute atomic E-state index is 0.0798. The van der Waals surface area contributed by atoms with Crippen LogP contribution in [0.1, 0.15) is 11.4 Å². The second-order valence-corrected chi connectivity index (χ2v) is 6.36. The van der Waals surface area contributed by atoms with Crippen LogP contribution in [0.25, 0.3) is 0 Å². The SMILES string of the molecule is COc1cc(S(=O)(=O)Nc2c(C)nn(C)c2C)ccc1N. The van der Waals surface area contributed by atoms with Gasteiger partial charge in [-0.2, -0.15) is 5.10 Å². The van der Waals surface area contributed by atoms with Gasteiger partial charge in [-0.25, -0.2) is 8.42 Å². The number of hydrogen-bond donors (Lipinski definition) is 2. The molecule has 21 heavy (non-hydrogen) atoms. The van der Waals surface area contributed by atoms with Crippen molar-refractivity contribution in [2.45, 2.75) is 18.7 Å². The van der Waals surface area contributed by atoms with Gasteiger partial charge in [-0.15, -0.1) is 0 Å². The topological polar surface area (TPSA) is 99.2 Å². The van der Waals surface area contributed by atoms with Gasteiger partial charge in [0.15, 0.2) is 0 Å². The van der Waals surface area contributed by atoms with E-state index in [-0.39, 0.29) is 4.90 Å². The molecule has 1 aromatic heterocycles. The zero-order chi connectivity index (χ0) is 15.8. The van der Waals surface area contributed by atoms with Crippen LogP contribution in [0.15, 0.2) is 23.1 Å². The average Bonchev–Trinajstić information content (AvgIpc) is 2.65. The zero-order valence-electron chi connectivity index (χ0n) is 12.3. The minimum atomic E-state index is -3.73. The lowest BCUT2D eigenvalue weighted by Gasteiger charge is -2.11. The molecule has 0 amide bonds. The average molecular weight is 310 g/mol. The summed E-state index contributed by atoms with van der Waals surface area (Å²) >= 11 is 0. The molecule has 0 spiro atoms. The first kappa shape index (κ1) is 15.2. The highest BCUT2D eigenvalue weighted by Gasteiger charge is 2.20. The molecule has 2 rings (SSSR count). The van der Waals surface area contributed by atoms with Gasteiger partial charge in [0.25, 0.3) is 10.0 Å². The van der Waals surface area contributed by atoms with Crippen LogP contribution >= 0.6 is 0 Å². The number of hydrogen-bond acceptors (Lipinski definition) is 5. The Morgan fingerprint density at radius 2 is 2.00 bits per heavy atom. The molecule has 1 aromatic carbocycles. The van der Waals surface area contributed by atoms with Gasteiger partial charge >= 0.3 is 0 Å². The van der Waals surface area contributed by atoms with Crippen LogP contribution in [0.4, 0.5) is 11.4 Å². The maximum Gasteiger partial charge on any atom is 0.262 e. The van der Waals surface area contributed by atoms with Crippen LogP contribution in [0.3, 0.4) is 0 Å². The molecule has 0 bridgehead atoms. The van der Waals surface area contributed by atoms with Crippen LogP contribution in [0.5, 0.6) is 5.75 Å². The van der Waals surface area contributed by atoms with Crippen LogP contribution in [0.2, 0.25) is 0 Å². The fraction of sp³-hybridized carbons (Fsp3) is 0.308. The van der Waals surface area contributed by atoms with E-state index in [2.05, 4.69) is 9.82 Å². The number of anilines is 2. The summed E-state index contributed by atoms with van der Waals surface area (Å²) in [5, 5.41) is 4.18. The number of nitrogens with two attached hydrogens (primary N) is 1. The van der Waals surface area contributed by atoms with Gasteiger partial charge in [0.2, 0.25) is 0 Å². The van der Waals surface area contributed by atoms with E-state index in [1.165, 1.54) is 25.3 Å². The van der Waals surface area contributed by atoms with Gasteiger partial charge < -0.3 is 10.5 Å². The predicted octanol–water partition coefficient (Wildman–Crippen LogP) is 1.43. The molecule has 0 unspecified atom stereocenters. The summed E-state index contributed by atoms with van der Waals surface area (Å²) in [4.78, 5) is 0.0798. The van der Waals surface area contributed by atoms with Gasteiger partial charge in [0.05, 0.1) is 34.8 Å². The summed E-state index contributed by atoms with van der Waals surface area (Å²) in [7, 11) is -0.541. The number of ether oxygens (including phenoxy) is 1. The Balaban J connectivity index is 2.43. The number of nitrogen functional groups attached to an aromatic ring is 1. The van der Waals surface area contributed by atoms with E-state index in [1.807, 2.05) is 0 Å². The van der Waals surface area contributed by atoms with E-state index in [1.54, 1.807) is 25.6 Å². The van der Waals surface area contributed by atoms with Crippen molar-refractivity contribution in [3.63, 3.8) is 0 Å². The Morgan fingerprint density at radius 1 is 1.33 bits per heavy atom. The van der Waals surface area contributed by atoms with E-state index in [4.69, 9.17) is 10.5 Å². The molecule has 3 N–H and O–H groups in total. The third-order valence-electron chi connectivity index (χ3n) is 3.26. The highest BCUT2D eigenvalue weighted by atomic mass is 32.2. The van der Waals surface area contributed by atoms with E-state index in [0.717, 1.165) is 5.69 Å². The number of nitrogens with zero attached hydrogens (tertiary/aromatic N) is 2. The lowest BCUT2D eigenvalue weighted by atomic mass is 10.3. The molecule has 0 fully saturated rings. The summed E-state index contributed by atoms with van der Waals surface area (Å²) in [6.07, 6.45) is 0. The second kappa shape index (κ2) is 5.28. The molecule has 0 atom stereocenters. The Labute approximate surface area is 123 Å². The minimum Gasteiger partial charge on any atom is -0.495 e. The number of nitrogens with one attached hydrogen (secondary N) is 1. The summed E-state index contributed by atoms with van der Waals surface area (Å²) in [6, 6.07) is 4.32. The first-order valence-corrected chi connectivity index (χ1v) is 7.71. The quantitative estimate of drug-likeness (QED) is 0.832. The highest BCUT2D eigenvalue weighted by Crippen LogP contribution is 2.27. The zero-order valence-corrected chi connectivity index (χ0v) is 13.2. The van der Waals surface area contributed by atoms with Gasteiger partial charge in [0.1, 0.15) is 5.75 Å². The smallest absolute Gasteiger partial charge is 0.262 e. The molecule has 0 aliphatic heterocycles. The Hall–Kier alpha value is -2.22. The Bertz CT molecular complexity index is 781. The third-order valence-corrected chi connectivity index (χ3v) is 4.61. The van der Waals surface area contributed by atoms with Crippen molar-refractivity contribution in [1.82, 2.24) is 9.78 Å². The lowest BCUT2D eigenvalue weighted by Crippen LogP contribution is -2.14. The molecule has 0 aliphatic carbocycles. The molecule has 2 aromatic rings. The number of sulfonamides is 1. The van der Waals surface area contributed by atoms with Gasteiger partial charge in [-0.3, -0.25) is 9.40 Å². The van der Waals surface area contributed by atoms with E-state index in [9.17, 15) is 8.42 Å². The van der Waals surface area contributed by atoms with Crippen molar-refractivity contribution >= 4 is 21.4 Å². The van der Waals surface area contributed by atoms with Crippen LogP contribution in [0, 0.1) is 13.8 Å². The van der Waals surface area contributed by atoms with Crippen molar-refractivity contribution < 1.29 is 13.2 Å². The molecule has 0 radical (unpaired) electrons. The normalized spacial score (nSPS) is 11.4. The Morgan fingerprint density at radius 3 is 2.52 bits per heavy atom. The van der Waals surface area contributed by atoms with E-state index >= 15 is 0 Å². The predicted molar refractivity (Wildman–Crippen MR) is 80.9 cm³/mol. The molecular formula is C13H18N4O3S. The molecule has 1 heterocycles. The fourth-order valence-electron chi connectivity index (χ4n) is 1.97. The number of aromatic nitrogens is 2. The first-order chi connectivity index (χ1) is 9.76. The number of rotatable bonds is 4. The molecule has 114 valence electrons. The van der Waals surface area contributed by atoms with Crippen LogP contribution in [-0.2, 0) is 17.1 Å². The first-order valence-electron chi connectivity index (χ1n) is 6.23. The maximum absolute atomic E-state index is 12.5. The molecule has 0 saturated heterocycles. The summed E-state index contributed by atoms with van der Waals surface area (Å²) in [5.41, 5.74) is 7.90. The number of aryl methyl sites for hydroxylation is 2. The molecular weight excluding hydrogens is 292 g/mol. The van der Waals surface area contributed by atoms with Crippen LogP contribution in [-0.4, -0.2) is 25.3 Å². The van der Waals surface area contributed by atoms with Gasteiger partial charge in [-0.1, -0.05) is 0 Å². The summed E-state index contributed by atoms with van der Waals surface area (Å²) in [6.45, 7) is 3.54. The molecule has 0 saturated carbocycles. The maximum atomic E-state index is 12.5. The highest BCUT2D eigenvalue weighted by molar-refractivity contribution is 7.92. The lowest BCUT2D eigenvalue weighted by molar-refractivity contribution is 0.415. The molecule has 7 nitrogen and oxygen atoms in total. The van der Waals surface area contributed by atoms with Crippen molar-refractivity contribution in [3.8, 4) is 5.75 Å². The van der Waals surface area contributed by atoms with Crippen molar-refractivity contribution in [3.05, 3.63) is 29.6 Å². The fourth-order valence-corrected chi connectivity index (χ4v) is 3.16. The van der Waals surface area contributed by atoms with Crippen LogP contribution < -0.4 is 15.2 Å². The Kier molecular flexibility index (Phi) is 3.82. The number of methoxy groups -OCH3 is 1.